The molecule has 3 aromatic rings. The monoisotopic (exact) mass is 504 g/mol. The van der Waals surface area contributed by atoms with Gasteiger partial charge in [-0.1, -0.05) is 70.5 Å². The standard InChI is InChI=1S/C26H25BrN4O2/c27-19-10-7-11-20(14-19)28-25(32)22-16-30(15-18-8-3-1-4-9-18)17-23-24(22)29-31(26(23)33)21-12-5-2-6-13-21/h1-14,22-24,29H,15-17H2,(H,28,32). The van der Waals surface area contributed by atoms with E-state index in [1.807, 2.05) is 72.8 Å². The number of hydrazine groups is 1. The lowest BCUT2D eigenvalue weighted by atomic mass is 9.83. The van der Waals surface area contributed by atoms with Crippen molar-refractivity contribution in [1.82, 2.24) is 10.3 Å². The highest BCUT2D eigenvalue weighted by Crippen LogP contribution is 2.33. The van der Waals surface area contributed by atoms with E-state index in [9.17, 15) is 9.59 Å². The first-order valence-electron chi connectivity index (χ1n) is 11.1. The van der Waals surface area contributed by atoms with Gasteiger partial charge in [-0.2, -0.15) is 0 Å². The van der Waals surface area contributed by atoms with Crippen LogP contribution in [0.4, 0.5) is 11.4 Å². The molecule has 3 aromatic carbocycles. The molecule has 6 nitrogen and oxygen atoms in total. The summed E-state index contributed by atoms with van der Waals surface area (Å²) in [5.41, 5.74) is 6.05. The maximum absolute atomic E-state index is 13.4. The molecular weight excluding hydrogens is 480 g/mol. The van der Waals surface area contributed by atoms with Crippen molar-refractivity contribution in [2.45, 2.75) is 12.6 Å². The average Bonchev–Trinajstić information content (AvgIpc) is 3.16. The minimum Gasteiger partial charge on any atom is -0.326 e. The van der Waals surface area contributed by atoms with Crippen LogP contribution in [-0.2, 0) is 16.1 Å². The van der Waals surface area contributed by atoms with Gasteiger partial charge >= 0.3 is 0 Å². The van der Waals surface area contributed by atoms with Gasteiger partial charge in [0.25, 0.3) is 0 Å². The zero-order valence-corrected chi connectivity index (χ0v) is 19.6. The topological polar surface area (TPSA) is 64.7 Å². The van der Waals surface area contributed by atoms with E-state index < -0.39 is 0 Å². The van der Waals surface area contributed by atoms with Crippen molar-refractivity contribution in [3.05, 3.63) is 95.0 Å². The Balaban J connectivity index is 1.41. The highest BCUT2D eigenvalue weighted by atomic mass is 79.9. The molecule has 0 radical (unpaired) electrons. The molecule has 2 amide bonds. The number of fused-ring (bicyclic) bond motifs is 1. The predicted molar refractivity (Wildman–Crippen MR) is 132 cm³/mol. The van der Waals surface area contributed by atoms with E-state index in [1.165, 1.54) is 5.56 Å². The van der Waals surface area contributed by atoms with Crippen molar-refractivity contribution in [2.24, 2.45) is 11.8 Å². The molecule has 3 unspecified atom stereocenters. The van der Waals surface area contributed by atoms with Gasteiger partial charge < -0.3 is 5.32 Å². The largest absolute Gasteiger partial charge is 0.326 e. The quantitative estimate of drug-likeness (QED) is 0.549. The van der Waals surface area contributed by atoms with E-state index in [0.29, 0.717) is 19.6 Å². The zero-order valence-electron chi connectivity index (χ0n) is 18.0. The highest BCUT2D eigenvalue weighted by molar-refractivity contribution is 9.10. The maximum atomic E-state index is 13.4. The Labute approximate surface area is 201 Å². The van der Waals surface area contributed by atoms with E-state index in [2.05, 4.69) is 43.7 Å². The van der Waals surface area contributed by atoms with Crippen LogP contribution in [-0.4, -0.2) is 35.8 Å². The van der Waals surface area contributed by atoms with Crippen LogP contribution in [0.25, 0.3) is 0 Å². The molecule has 0 aliphatic carbocycles. The number of hydrogen-bond acceptors (Lipinski definition) is 4. The minimum absolute atomic E-state index is 0.00390. The normalized spacial score (nSPS) is 22.8. The molecule has 2 heterocycles. The first-order chi connectivity index (χ1) is 16.1. The number of para-hydroxylation sites is 1. The summed E-state index contributed by atoms with van der Waals surface area (Å²) in [7, 11) is 0. The molecule has 2 saturated heterocycles. The molecular formula is C26H25BrN4O2. The van der Waals surface area contributed by atoms with Crippen LogP contribution >= 0.6 is 15.9 Å². The Morgan fingerprint density at radius 1 is 0.970 bits per heavy atom. The molecule has 2 N–H and O–H groups in total. The molecule has 0 bridgehead atoms. The lowest BCUT2D eigenvalue weighted by Crippen LogP contribution is -2.55. The second-order valence-corrected chi connectivity index (χ2v) is 9.47. The Morgan fingerprint density at radius 2 is 1.70 bits per heavy atom. The number of rotatable bonds is 5. The van der Waals surface area contributed by atoms with Crippen LogP contribution in [0.15, 0.2) is 89.4 Å². The molecule has 2 fully saturated rings. The number of piperidine rings is 1. The molecule has 0 saturated carbocycles. The number of amides is 2. The number of nitrogens with zero attached hydrogens (tertiary/aromatic N) is 2. The van der Waals surface area contributed by atoms with Crippen LogP contribution in [0.5, 0.6) is 0 Å². The number of nitrogens with one attached hydrogen (secondary N) is 2. The van der Waals surface area contributed by atoms with Crippen molar-refractivity contribution >= 4 is 39.1 Å². The second kappa shape index (κ2) is 9.47. The number of halogens is 1. The van der Waals surface area contributed by atoms with Crippen LogP contribution < -0.4 is 15.8 Å². The molecule has 3 atom stereocenters. The Morgan fingerprint density at radius 3 is 2.42 bits per heavy atom. The lowest BCUT2D eigenvalue weighted by molar-refractivity contribution is -0.126. The van der Waals surface area contributed by atoms with E-state index in [0.717, 1.165) is 15.8 Å². The van der Waals surface area contributed by atoms with Crippen molar-refractivity contribution in [1.29, 1.82) is 0 Å². The van der Waals surface area contributed by atoms with Gasteiger partial charge in [-0.25, -0.2) is 10.4 Å². The van der Waals surface area contributed by atoms with Gasteiger partial charge in [0.2, 0.25) is 11.8 Å². The molecule has 5 rings (SSSR count). The summed E-state index contributed by atoms with van der Waals surface area (Å²) >= 11 is 3.46. The van der Waals surface area contributed by atoms with E-state index >= 15 is 0 Å². The molecule has 168 valence electrons. The zero-order chi connectivity index (χ0) is 22.8. The predicted octanol–water partition coefficient (Wildman–Crippen LogP) is 4.06. The number of carbonyl (C=O) groups excluding carboxylic acids is 2. The van der Waals surface area contributed by atoms with Crippen LogP contribution in [0.1, 0.15) is 5.56 Å². The van der Waals surface area contributed by atoms with Crippen LogP contribution in [0, 0.1) is 11.8 Å². The average molecular weight is 505 g/mol. The van der Waals surface area contributed by atoms with Gasteiger partial charge in [0.1, 0.15) is 0 Å². The van der Waals surface area contributed by atoms with Gasteiger partial charge in [-0.3, -0.25) is 14.5 Å². The lowest BCUT2D eigenvalue weighted by Gasteiger charge is -2.38. The van der Waals surface area contributed by atoms with Crippen molar-refractivity contribution in [2.75, 3.05) is 23.4 Å². The second-order valence-electron chi connectivity index (χ2n) is 8.56. The summed E-state index contributed by atoms with van der Waals surface area (Å²) in [6.45, 7) is 1.87. The Bertz CT molecular complexity index is 1140. The number of hydrogen-bond donors (Lipinski definition) is 2. The fourth-order valence-corrected chi connectivity index (χ4v) is 5.12. The van der Waals surface area contributed by atoms with Gasteiger partial charge in [0.05, 0.1) is 23.6 Å². The van der Waals surface area contributed by atoms with Crippen molar-refractivity contribution < 1.29 is 9.59 Å². The summed E-state index contributed by atoms with van der Waals surface area (Å²) in [4.78, 5) is 29.1. The summed E-state index contributed by atoms with van der Waals surface area (Å²) in [5.74, 6) is -0.773. The molecule has 33 heavy (non-hydrogen) atoms. The number of likely N-dealkylation sites (tertiary alicyclic amines) is 1. The van der Waals surface area contributed by atoms with E-state index in [4.69, 9.17) is 0 Å². The molecule has 7 heteroatoms. The fraction of sp³-hybridized carbons (Fsp3) is 0.231. The Kier molecular flexibility index (Phi) is 6.26. The number of anilines is 2. The van der Waals surface area contributed by atoms with Crippen molar-refractivity contribution in [3.63, 3.8) is 0 Å². The molecule has 2 aliphatic rings. The molecule has 2 aliphatic heterocycles. The SMILES string of the molecule is O=C(Nc1cccc(Br)c1)C1CN(Cc2ccccc2)CC2C(=O)N(c3ccccc3)NC12. The third kappa shape index (κ3) is 4.71. The van der Waals surface area contributed by atoms with Gasteiger partial charge in [-0.05, 0) is 35.9 Å². The van der Waals surface area contributed by atoms with Crippen LogP contribution in [0.2, 0.25) is 0 Å². The maximum Gasteiger partial charge on any atom is 0.247 e. The van der Waals surface area contributed by atoms with Gasteiger partial charge in [0, 0.05) is 29.8 Å². The van der Waals surface area contributed by atoms with Gasteiger partial charge in [0.15, 0.2) is 0 Å². The van der Waals surface area contributed by atoms with E-state index in [-0.39, 0.29) is 29.7 Å². The first-order valence-corrected chi connectivity index (χ1v) is 11.9. The van der Waals surface area contributed by atoms with E-state index in [1.54, 1.807) is 5.01 Å². The third-order valence-corrected chi connectivity index (χ3v) is 6.78. The Hall–Kier alpha value is -3.00. The van der Waals surface area contributed by atoms with Gasteiger partial charge in [-0.15, -0.1) is 0 Å². The summed E-state index contributed by atoms with van der Waals surface area (Å²) in [5, 5.41) is 4.67. The first kappa shape index (κ1) is 21.8. The van der Waals surface area contributed by atoms with Crippen LogP contribution in [0.3, 0.4) is 0 Å². The highest BCUT2D eigenvalue weighted by Gasteiger charge is 2.50. The fourth-order valence-electron chi connectivity index (χ4n) is 4.73. The van der Waals surface area contributed by atoms with Crippen molar-refractivity contribution in [3.8, 4) is 0 Å². The smallest absolute Gasteiger partial charge is 0.247 e. The number of carbonyl (C=O) groups is 2. The minimum atomic E-state index is -0.385. The summed E-state index contributed by atoms with van der Waals surface area (Å²) in [6, 6.07) is 27.0. The molecule has 0 spiro atoms. The summed E-state index contributed by atoms with van der Waals surface area (Å²) < 4.78 is 0.900. The summed E-state index contributed by atoms with van der Waals surface area (Å²) in [6.07, 6.45) is 0. The third-order valence-electron chi connectivity index (χ3n) is 6.28. The number of benzene rings is 3. The molecule has 0 aromatic heterocycles.